The van der Waals surface area contributed by atoms with Crippen LogP contribution in [0, 0.1) is 21.4 Å². The maximum Gasteiger partial charge on any atom is 0.311 e. The van der Waals surface area contributed by atoms with Crippen LogP contribution in [0.25, 0.3) is 11.6 Å². The minimum absolute atomic E-state index is 0.166. The number of rotatable bonds is 6. The number of nitriles is 1. The van der Waals surface area contributed by atoms with Crippen molar-refractivity contribution in [3.63, 3.8) is 0 Å². The largest absolute Gasteiger partial charge is 0.482 e. The Morgan fingerprint density at radius 3 is 2.50 bits per heavy atom. The summed E-state index contributed by atoms with van der Waals surface area (Å²) in [6, 6.07) is 23.0. The topological polar surface area (TPSA) is 76.2 Å². The Balaban J connectivity index is 1.91. The van der Waals surface area contributed by atoms with Crippen LogP contribution in [0.2, 0.25) is 5.02 Å². The van der Waals surface area contributed by atoms with Gasteiger partial charge in [0.2, 0.25) is 0 Å². The average Bonchev–Trinajstić information content (AvgIpc) is 2.72. The van der Waals surface area contributed by atoms with E-state index in [1.54, 1.807) is 36.4 Å². The zero-order chi connectivity index (χ0) is 19.9. The Bertz CT molecular complexity index is 1070. The molecule has 0 aliphatic rings. The monoisotopic (exact) mass is 390 g/mol. The Morgan fingerprint density at radius 1 is 1.11 bits per heavy atom. The van der Waals surface area contributed by atoms with E-state index in [-0.39, 0.29) is 18.0 Å². The third-order valence-electron chi connectivity index (χ3n) is 4.01. The number of benzene rings is 3. The minimum atomic E-state index is -0.501. The molecule has 0 spiro atoms. The molecule has 0 N–H and O–H groups in total. The number of nitro benzene ring substituents is 1. The van der Waals surface area contributed by atoms with Gasteiger partial charge in [0.05, 0.1) is 16.6 Å². The van der Waals surface area contributed by atoms with Crippen molar-refractivity contribution < 1.29 is 9.66 Å². The molecule has 0 saturated heterocycles. The van der Waals surface area contributed by atoms with Crippen LogP contribution in [0.15, 0.2) is 72.8 Å². The predicted molar refractivity (Wildman–Crippen MR) is 109 cm³/mol. The van der Waals surface area contributed by atoms with E-state index in [9.17, 15) is 15.4 Å². The zero-order valence-electron chi connectivity index (χ0n) is 14.7. The summed E-state index contributed by atoms with van der Waals surface area (Å²) >= 11 is 6.15. The number of ether oxygens (including phenoxy) is 1. The zero-order valence-corrected chi connectivity index (χ0v) is 15.5. The van der Waals surface area contributed by atoms with E-state index < -0.39 is 4.92 Å². The molecule has 28 heavy (non-hydrogen) atoms. The highest BCUT2D eigenvalue weighted by atomic mass is 35.5. The number of hydrogen-bond acceptors (Lipinski definition) is 4. The van der Waals surface area contributed by atoms with Gasteiger partial charge in [-0.25, -0.2) is 0 Å². The molecule has 3 rings (SSSR count). The normalized spacial score (nSPS) is 10.9. The number of nitro groups is 1. The lowest BCUT2D eigenvalue weighted by molar-refractivity contribution is -0.386. The van der Waals surface area contributed by atoms with Gasteiger partial charge < -0.3 is 4.74 Å². The quantitative estimate of drug-likeness (QED) is 0.227. The smallest absolute Gasteiger partial charge is 0.311 e. The summed E-state index contributed by atoms with van der Waals surface area (Å²) in [5.41, 5.74) is 2.14. The molecule has 0 radical (unpaired) electrons. The summed E-state index contributed by atoms with van der Waals surface area (Å²) in [5, 5.41) is 21.4. The van der Waals surface area contributed by atoms with Crippen LogP contribution in [0.5, 0.6) is 5.75 Å². The van der Waals surface area contributed by atoms with Crippen LogP contribution in [-0.2, 0) is 6.61 Å². The maximum atomic E-state index is 11.5. The molecular formula is C22H15ClN2O3. The third kappa shape index (κ3) is 4.56. The van der Waals surface area contributed by atoms with E-state index in [0.29, 0.717) is 21.7 Å². The van der Waals surface area contributed by atoms with Gasteiger partial charge in [0.25, 0.3) is 0 Å². The number of allylic oxidation sites excluding steroid dienone is 1. The third-order valence-corrected chi connectivity index (χ3v) is 4.34. The Kier molecular flexibility index (Phi) is 6.05. The molecule has 3 aromatic carbocycles. The van der Waals surface area contributed by atoms with Gasteiger partial charge >= 0.3 is 5.69 Å². The molecule has 5 nitrogen and oxygen atoms in total. The second kappa shape index (κ2) is 8.85. The Labute approximate surface area is 167 Å². The first-order valence-electron chi connectivity index (χ1n) is 8.40. The van der Waals surface area contributed by atoms with Crippen molar-refractivity contribution in [2.45, 2.75) is 6.61 Å². The van der Waals surface area contributed by atoms with E-state index in [2.05, 4.69) is 6.07 Å². The van der Waals surface area contributed by atoms with Gasteiger partial charge in [0.15, 0.2) is 5.75 Å². The number of nitrogens with zero attached hydrogens (tertiary/aromatic N) is 2. The van der Waals surface area contributed by atoms with Crippen molar-refractivity contribution in [3.05, 3.63) is 105 Å². The standard InChI is InChI=1S/C22H15ClN2O3/c23-20-9-5-4-8-19(20)18(14-24)12-17-10-11-22(21(13-17)25(26)27)28-15-16-6-2-1-3-7-16/h1-13H,15H2. The van der Waals surface area contributed by atoms with Crippen molar-refractivity contribution >= 4 is 28.9 Å². The van der Waals surface area contributed by atoms with Crippen molar-refractivity contribution in [2.24, 2.45) is 0 Å². The highest BCUT2D eigenvalue weighted by Crippen LogP contribution is 2.31. The minimum Gasteiger partial charge on any atom is -0.482 e. The molecule has 3 aromatic rings. The molecule has 0 heterocycles. The fourth-order valence-corrected chi connectivity index (χ4v) is 2.88. The van der Waals surface area contributed by atoms with Gasteiger partial charge in [-0.3, -0.25) is 10.1 Å². The summed E-state index contributed by atoms with van der Waals surface area (Å²) < 4.78 is 5.63. The molecule has 0 amide bonds. The molecule has 138 valence electrons. The average molecular weight is 391 g/mol. The lowest BCUT2D eigenvalue weighted by atomic mass is 10.0. The van der Waals surface area contributed by atoms with Crippen LogP contribution >= 0.6 is 11.6 Å². The summed E-state index contributed by atoms with van der Waals surface area (Å²) in [4.78, 5) is 11.0. The summed E-state index contributed by atoms with van der Waals surface area (Å²) in [7, 11) is 0. The van der Waals surface area contributed by atoms with Crippen LogP contribution < -0.4 is 4.74 Å². The highest BCUT2D eigenvalue weighted by Gasteiger charge is 2.16. The first kappa shape index (κ1) is 19.2. The lowest BCUT2D eigenvalue weighted by Gasteiger charge is -2.08. The highest BCUT2D eigenvalue weighted by molar-refractivity contribution is 6.32. The molecular weight excluding hydrogens is 376 g/mol. The Morgan fingerprint density at radius 2 is 1.82 bits per heavy atom. The van der Waals surface area contributed by atoms with Crippen molar-refractivity contribution in [1.82, 2.24) is 0 Å². The molecule has 0 aliphatic carbocycles. The maximum absolute atomic E-state index is 11.5. The molecule has 0 atom stereocenters. The van der Waals surface area contributed by atoms with Crippen LogP contribution in [-0.4, -0.2) is 4.92 Å². The molecule has 0 bridgehead atoms. The van der Waals surface area contributed by atoms with Gasteiger partial charge in [0, 0.05) is 16.7 Å². The van der Waals surface area contributed by atoms with Gasteiger partial charge in [-0.1, -0.05) is 66.2 Å². The van der Waals surface area contributed by atoms with Crippen LogP contribution in [0.1, 0.15) is 16.7 Å². The first-order valence-corrected chi connectivity index (χ1v) is 8.78. The second-order valence-electron chi connectivity index (χ2n) is 5.91. The molecule has 0 aliphatic heterocycles. The summed E-state index contributed by atoms with van der Waals surface area (Å²) in [6.07, 6.45) is 1.56. The lowest BCUT2D eigenvalue weighted by Crippen LogP contribution is -1.99. The molecule has 0 unspecified atom stereocenters. The van der Waals surface area contributed by atoms with E-state index in [1.165, 1.54) is 12.1 Å². The van der Waals surface area contributed by atoms with Crippen molar-refractivity contribution in [2.75, 3.05) is 0 Å². The summed E-state index contributed by atoms with van der Waals surface area (Å²) in [5.74, 6) is 0.169. The fourth-order valence-electron chi connectivity index (χ4n) is 2.64. The van der Waals surface area contributed by atoms with E-state index >= 15 is 0 Å². The van der Waals surface area contributed by atoms with Crippen LogP contribution in [0.3, 0.4) is 0 Å². The first-order chi connectivity index (χ1) is 13.6. The molecule has 6 heteroatoms. The van der Waals surface area contributed by atoms with E-state index in [4.69, 9.17) is 16.3 Å². The SMILES string of the molecule is N#CC(=Cc1ccc(OCc2ccccc2)c([N+](=O)[O-])c1)c1ccccc1Cl. The van der Waals surface area contributed by atoms with Crippen molar-refractivity contribution in [1.29, 1.82) is 5.26 Å². The van der Waals surface area contributed by atoms with Gasteiger partial charge in [-0.15, -0.1) is 0 Å². The predicted octanol–water partition coefficient (Wildman–Crippen LogP) is 5.89. The molecule has 0 saturated carbocycles. The van der Waals surface area contributed by atoms with Gasteiger partial charge in [-0.05, 0) is 29.3 Å². The van der Waals surface area contributed by atoms with Crippen molar-refractivity contribution in [3.8, 4) is 11.8 Å². The summed E-state index contributed by atoms with van der Waals surface area (Å²) in [6.45, 7) is 0.222. The van der Waals surface area contributed by atoms with E-state index in [0.717, 1.165) is 5.56 Å². The fraction of sp³-hybridized carbons (Fsp3) is 0.0455. The second-order valence-corrected chi connectivity index (χ2v) is 6.32. The number of halogens is 1. The van der Waals surface area contributed by atoms with E-state index in [1.807, 2.05) is 30.3 Å². The van der Waals surface area contributed by atoms with Gasteiger partial charge in [-0.2, -0.15) is 5.26 Å². The van der Waals surface area contributed by atoms with Crippen LogP contribution in [0.4, 0.5) is 5.69 Å². The number of hydrogen-bond donors (Lipinski definition) is 0. The Hall–Kier alpha value is -3.62. The van der Waals surface area contributed by atoms with Gasteiger partial charge in [0.1, 0.15) is 6.61 Å². The molecule has 0 fully saturated rings. The molecule has 0 aromatic heterocycles.